The minimum Gasteiger partial charge on any atom is -0.480 e. The van der Waals surface area contributed by atoms with Crippen molar-refractivity contribution in [2.75, 3.05) is 18.1 Å². The number of aliphatic hydroxyl groups excluding tert-OH is 1. The molecule has 19 heavy (non-hydrogen) atoms. The molecule has 1 heterocycles. The molecule has 1 aliphatic heterocycles. The molecule has 1 atom stereocenters. The molecule has 0 aromatic heterocycles. The summed E-state index contributed by atoms with van der Waals surface area (Å²) in [5, 5.41) is 20.2. The van der Waals surface area contributed by atoms with Crippen LogP contribution in [-0.4, -0.2) is 41.4 Å². The van der Waals surface area contributed by atoms with Gasteiger partial charge in [0.25, 0.3) is 0 Å². The van der Waals surface area contributed by atoms with Gasteiger partial charge >= 0.3 is 12.0 Å². The van der Waals surface area contributed by atoms with Crippen LogP contribution in [0.3, 0.4) is 0 Å². The summed E-state index contributed by atoms with van der Waals surface area (Å²) in [6.07, 6.45) is 0.762. The van der Waals surface area contributed by atoms with Crippen molar-refractivity contribution in [2.45, 2.75) is 18.9 Å². The highest BCUT2D eigenvalue weighted by Gasteiger charge is 2.27. The number of anilines is 1. The second-order valence-corrected chi connectivity index (χ2v) is 4.38. The third kappa shape index (κ3) is 2.85. The first-order valence-corrected chi connectivity index (χ1v) is 6.13. The molecule has 2 amide bonds. The molecule has 1 unspecified atom stereocenters. The average Bonchev–Trinajstić information content (AvgIpc) is 2.81. The molecule has 102 valence electrons. The summed E-state index contributed by atoms with van der Waals surface area (Å²) >= 11 is 0. The van der Waals surface area contributed by atoms with E-state index < -0.39 is 18.0 Å². The first-order valence-electron chi connectivity index (χ1n) is 6.13. The average molecular weight is 264 g/mol. The van der Waals surface area contributed by atoms with Gasteiger partial charge in [-0.05, 0) is 18.1 Å². The normalized spacial score (nSPS) is 14.9. The number of hydrogen-bond acceptors (Lipinski definition) is 3. The van der Waals surface area contributed by atoms with Gasteiger partial charge in [-0.15, -0.1) is 0 Å². The van der Waals surface area contributed by atoms with E-state index in [-0.39, 0.29) is 13.0 Å². The summed E-state index contributed by atoms with van der Waals surface area (Å²) in [5.74, 6) is -1.14. The predicted octanol–water partition coefficient (Wildman–Crippen LogP) is 0.594. The zero-order valence-electron chi connectivity index (χ0n) is 10.4. The summed E-state index contributed by atoms with van der Waals surface area (Å²) in [6, 6.07) is 6.03. The molecule has 3 N–H and O–H groups in total. The van der Waals surface area contributed by atoms with Crippen LogP contribution in [0.15, 0.2) is 24.3 Å². The lowest BCUT2D eigenvalue weighted by Gasteiger charge is -2.21. The lowest BCUT2D eigenvalue weighted by atomic mass is 10.2. The minimum absolute atomic E-state index is 0.00341. The molecule has 1 aliphatic rings. The monoisotopic (exact) mass is 264 g/mol. The number of aliphatic carboxylic acids is 1. The van der Waals surface area contributed by atoms with E-state index in [0.717, 1.165) is 17.7 Å². The van der Waals surface area contributed by atoms with Crippen molar-refractivity contribution >= 4 is 17.7 Å². The molecule has 0 fully saturated rings. The number of fused-ring (bicyclic) bond motifs is 1. The highest BCUT2D eigenvalue weighted by atomic mass is 16.4. The second kappa shape index (κ2) is 5.71. The molecule has 0 radical (unpaired) electrons. The Morgan fingerprint density at radius 3 is 2.79 bits per heavy atom. The van der Waals surface area contributed by atoms with E-state index in [1.807, 2.05) is 24.3 Å². The van der Waals surface area contributed by atoms with Crippen LogP contribution in [0, 0.1) is 0 Å². The first-order chi connectivity index (χ1) is 9.13. The van der Waals surface area contributed by atoms with Crippen LogP contribution in [0.5, 0.6) is 0 Å². The van der Waals surface area contributed by atoms with Crippen molar-refractivity contribution in [2.24, 2.45) is 0 Å². The molecule has 2 rings (SSSR count). The Hall–Kier alpha value is -2.08. The van der Waals surface area contributed by atoms with Gasteiger partial charge in [0.1, 0.15) is 6.04 Å². The maximum atomic E-state index is 12.1. The summed E-state index contributed by atoms with van der Waals surface area (Å²) in [6.45, 7) is 0.254. The topological polar surface area (TPSA) is 89.9 Å². The van der Waals surface area contributed by atoms with E-state index in [0.29, 0.717) is 6.54 Å². The SMILES string of the molecule is O=C(O)C(CCO)NC(=O)N1CCc2ccccc21. The van der Waals surface area contributed by atoms with Crippen LogP contribution >= 0.6 is 0 Å². The highest BCUT2D eigenvalue weighted by molar-refractivity contribution is 5.96. The standard InChI is InChI=1S/C13H16N2O4/c16-8-6-10(12(17)18)14-13(19)15-7-5-9-3-1-2-4-11(9)15/h1-4,10,16H,5-8H2,(H,14,19)(H,17,18). The number of urea groups is 1. The van der Waals surface area contributed by atoms with Gasteiger partial charge in [-0.2, -0.15) is 0 Å². The van der Waals surface area contributed by atoms with E-state index in [9.17, 15) is 9.59 Å². The Balaban J connectivity index is 2.07. The maximum Gasteiger partial charge on any atom is 0.326 e. The zero-order valence-corrected chi connectivity index (χ0v) is 10.4. The van der Waals surface area contributed by atoms with E-state index in [2.05, 4.69) is 5.32 Å². The quantitative estimate of drug-likeness (QED) is 0.742. The number of carbonyl (C=O) groups is 2. The molecule has 0 saturated heterocycles. The molecule has 1 aromatic rings. The third-order valence-electron chi connectivity index (χ3n) is 3.15. The number of nitrogens with zero attached hydrogens (tertiary/aromatic N) is 1. The largest absolute Gasteiger partial charge is 0.480 e. The Labute approximate surface area is 110 Å². The van der Waals surface area contributed by atoms with Gasteiger partial charge in [0, 0.05) is 25.3 Å². The van der Waals surface area contributed by atoms with Gasteiger partial charge in [0.05, 0.1) is 0 Å². The lowest BCUT2D eigenvalue weighted by Crippen LogP contribution is -2.48. The molecule has 6 heteroatoms. The van der Waals surface area contributed by atoms with Crippen molar-refractivity contribution < 1.29 is 19.8 Å². The number of carboxylic acids is 1. The Kier molecular flexibility index (Phi) is 4.01. The number of rotatable bonds is 4. The van der Waals surface area contributed by atoms with Gasteiger partial charge in [0.15, 0.2) is 0 Å². The van der Waals surface area contributed by atoms with E-state index in [1.54, 1.807) is 0 Å². The molecule has 0 saturated carbocycles. The fraction of sp³-hybridized carbons (Fsp3) is 0.385. The first kappa shape index (κ1) is 13.4. The number of carboxylic acid groups (broad SMARTS) is 1. The second-order valence-electron chi connectivity index (χ2n) is 4.38. The van der Waals surface area contributed by atoms with Crippen molar-refractivity contribution in [3.8, 4) is 0 Å². The summed E-state index contributed by atoms with van der Waals surface area (Å²) in [7, 11) is 0. The van der Waals surface area contributed by atoms with Crippen LogP contribution in [-0.2, 0) is 11.2 Å². The summed E-state index contributed by atoms with van der Waals surface area (Å²) in [5.41, 5.74) is 1.89. The predicted molar refractivity (Wildman–Crippen MR) is 69.2 cm³/mol. The van der Waals surface area contributed by atoms with Crippen LogP contribution < -0.4 is 10.2 Å². The molecule has 6 nitrogen and oxygen atoms in total. The number of amides is 2. The Morgan fingerprint density at radius 1 is 1.37 bits per heavy atom. The fourth-order valence-electron chi connectivity index (χ4n) is 2.16. The van der Waals surface area contributed by atoms with Crippen LogP contribution in [0.4, 0.5) is 10.5 Å². The third-order valence-corrected chi connectivity index (χ3v) is 3.15. The van der Waals surface area contributed by atoms with Crippen molar-refractivity contribution in [3.05, 3.63) is 29.8 Å². The number of aliphatic hydroxyl groups is 1. The van der Waals surface area contributed by atoms with Gasteiger partial charge in [-0.1, -0.05) is 18.2 Å². The number of nitrogens with one attached hydrogen (secondary N) is 1. The van der Waals surface area contributed by atoms with Crippen molar-refractivity contribution in [1.82, 2.24) is 5.32 Å². The van der Waals surface area contributed by atoms with E-state index in [1.165, 1.54) is 4.90 Å². The van der Waals surface area contributed by atoms with Gasteiger partial charge in [0.2, 0.25) is 0 Å². The van der Waals surface area contributed by atoms with Crippen molar-refractivity contribution in [3.63, 3.8) is 0 Å². The summed E-state index contributed by atoms with van der Waals surface area (Å²) < 4.78 is 0. The van der Waals surface area contributed by atoms with Crippen LogP contribution in [0.1, 0.15) is 12.0 Å². The van der Waals surface area contributed by atoms with Crippen LogP contribution in [0.2, 0.25) is 0 Å². The Bertz CT molecular complexity index is 489. The molecule has 0 spiro atoms. The molecule has 1 aromatic carbocycles. The zero-order chi connectivity index (χ0) is 13.8. The van der Waals surface area contributed by atoms with Crippen LogP contribution in [0.25, 0.3) is 0 Å². The van der Waals surface area contributed by atoms with E-state index in [4.69, 9.17) is 10.2 Å². The van der Waals surface area contributed by atoms with E-state index >= 15 is 0 Å². The highest BCUT2D eigenvalue weighted by Crippen LogP contribution is 2.27. The maximum absolute atomic E-state index is 12.1. The molecule has 0 aliphatic carbocycles. The number of carbonyl (C=O) groups excluding carboxylic acids is 1. The number of hydrogen-bond donors (Lipinski definition) is 3. The lowest BCUT2D eigenvalue weighted by molar-refractivity contribution is -0.139. The fourth-order valence-corrected chi connectivity index (χ4v) is 2.16. The van der Waals surface area contributed by atoms with Gasteiger partial charge in [-0.3, -0.25) is 4.90 Å². The van der Waals surface area contributed by atoms with Crippen molar-refractivity contribution in [1.29, 1.82) is 0 Å². The smallest absolute Gasteiger partial charge is 0.326 e. The minimum atomic E-state index is -1.14. The Morgan fingerprint density at radius 2 is 2.11 bits per heavy atom. The number of benzene rings is 1. The number of para-hydroxylation sites is 1. The molecule has 0 bridgehead atoms. The molecular weight excluding hydrogens is 248 g/mol. The van der Waals surface area contributed by atoms with Gasteiger partial charge in [-0.25, -0.2) is 9.59 Å². The molecular formula is C13H16N2O4. The summed E-state index contributed by atoms with van der Waals surface area (Å²) in [4.78, 5) is 24.5. The van der Waals surface area contributed by atoms with Gasteiger partial charge < -0.3 is 15.5 Å².